The Kier molecular flexibility index (Phi) is 2.75. The fourth-order valence-electron chi connectivity index (χ4n) is 2.50. The minimum atomic E-state index is -2.73. The molecular formula is C9H9NO10. The van der Waals surface area contributed by atoms with Gasteiger partial charge in [-0.2, -0.15) is 0 Å². The fraction of sp³-hybridized carbons (Fsp3) is 0.556. The van der Waals surface area contributed by atoms with Gasteiger partial charge in [-0.25, -0.2) is 19.3 Å². The van der Waals surface area contributed by atoms with E-state index in [9.17, 15) is 24.3 Å². The molecule has 11 heteroatoms. The van der Waals surface area contributed by atoms with Crippen LogP contribution in [0.25, 0.3) is 0 Å². The van der Waals surface area contributed by atoms with Crippen molar-refractivity contribution in [1.82, 2.24) is 4.90 Å². The number of carboxylic acid groups (broad SMARTS) is 3. The molecule has 5 unspecified atom stereocenters. The molecule has 0 aromatic rings. The smallest absolute Gasteiger partial charge is 0.366 e. The lowest BCUT2D eigenvalue weighted by molar-refractivity contribution is -0.197. The lowest BCUT2D eigenvalue weighted by Gasteiger charge is -2.29. The van der Waals surface area contributed by atoms with Gasteiger partial charge >= 0.3 is 23.9 Å². The van der Waals surface area contributed by atoms with Crippen LogP contribution in [0.3, 0.4) is 0 Å². The van der Waals surface area contributed by atoms with E-state index in [4.69, 9.17) is 20.4 Å². The monoisotopic (exact) mass is 291 g/mol. The number of aliphatic hydroxyl groups excluding tert-OH is 2. The number of cyclic esters (lactones) is 1. The molecule has 0 bridgehead atoms. The summed E-state index contributed by atoms with van der Waals surface area (Å²) in [5.41, 5.74) is -5.40. The molecule has 20 heavy (non-hydrogen) atoms. The molecule has 0 amide bonds. The van der Waals surface area contributed by atoms with E-state index in [0.29, 0.717) is 4.90 Å². The molecule has 11 nitrogen and oxygen atoms in total. The Bertz CT molecular complexity index is 531. The molecule has 2 aliphatic heterocycles. The standard InChI is InChI=1S/C9H9NO10/c11-1-8(6(16)17)10-2(5(15)20-8)9(10,7(18)19)3(12)4(13)14/h2-3,11-12H,1H2,(H,13,14)(H,16,17)(H,18,19). The number of fused-ring (bicyclic) bond motifs is 1. The SMILES string of the molecule is O=C(O)C(O)C1(C(=O)O)C2C(=O)OC(CO)(C(=O)O)N21. The summed E-state index contributed by atoms with van der Waals surface area (Å²) < 4.78 is 4.43. The summed E-state index contributed by atoms with van der Waals surface area (Å²) in [7, 11) is 0. The van der Waals surface area contributed by atoms with Gasteiger partial charge in [0.15, 0.2) is 11.6 Å². The van der Waals surface area contributed by atoms with Crippen LogP contribution in [0.15, 0.2) is 0 Å². The van der Waals surface area contributed by atoms with E-state index in [0.717, 1.165) is 0 Å². The zero-order valence-electron chi connectivity index (χ0n) is 9.59. The van der Waals surface area contributed by atoms with Crippen molar-refractivity contribution in [3.63, 3.8) is 0 Å². The molecule has 0 aromatic carbocycles. The Hall–Kier alpha value is -2.24. The van der Waals surface area contributed by atoms with E-state index >= 15 is 0 Å². The van der Waals surface area contributed by atoms with Crippen LogP contribution in [0.2, 0.25) is 0 Å². The largest absolute Gasteiger partial charge is 0.480 e. The number of nitrogens with zero attached hydrogens (tertiary/aromatic N) is 1. The van der Waals surface area contributed by atoms with E-state index in [-0.39, 0.29) is 0 Å². The molecule has 0 saturated carbocycles. The second-order valence-electron chi connectivity index (χ2n) is 4.31. The van der Waals surface area contributed by atoms with E-state index in [2.05, 4.69) is 4.74 Å². The van der Waals surface area contributed by atoms with Crippen molar-refractivity contribution in [3.8, 4) is 0 Å². The van der Waals surface area contributed by atoms with Crippen LogP contribution in [-0.4, -0.2) is 84.3 Å². The van der Waals surface area contributed by atoms with Crippen LogP contribution >= 0.6 is 0 Å². The highest BCUT2D eigenvalue weighted by molar-refractivity contribution is 6.05. The highest BCUT2D eigenvalue weighted by atomic mass is 16.6. The van der Waals surface area contributed by atoms with Crippen molar-refractivity contribution >= 4 is 23.9 Å². The first-order valence-electron chi connectivity index (χ1n) is 5.18. The molecular weight excluding hydrogens is 282 g/mol. The molecule has 2 aliphatic rings. The maximum atomic E-state index is 11.5. The van der Waals surface area contributed by atoms with Crippen LogP contribution < -0.4 is 0 Å². The van der Waals surface area contributed by atoms with Gasteiger partial charge in [0.2, 0.25) is 0 Å². The number of aliphatic carboxylic acids is 3. The molecule has 2 saturated heterocycles. The van der Waals surface area contributed by atoms with Crippen LogP contribution in [0, 0.1) is 0 Å². The van der Waals surface area contributed by atoms with E-state index < -0.39 is 53.9 Å². The predicted molar refractivity (Wildman–Crippen MR) is 53.2 cm³/mol. The molecule has 2 heterocycles. The summed E-state index contributed by atoms with van der Waals surface area (Å²) in [5, 5.41) is 45.5. The van der Waals surface area contributed by atoms with Gasteiger partial charge in [-0.05, 0) is 0 Å². The lowest BCUT2D eigenvalue weighted by atomic mass is 9.96. The van der Waals surface area contributed by atoms with E-state index in [1.165, 1.54) is 0 Å². The Balaban J connectivity index is 2.56. The van der Waals surface area contributed by atoms with Crippen molar-refractivity contribution in [2.45, 2.75) is 23.4 Å². The van der Waals surface area contributed by atoms with Gasteiger partial charge in [0.1, 0.15) is 12.6 Å². The first-order chi connectivity index (χ1) is 9.17. The maximum Gasteiger partial charge on any atom is 0.366 e. The maximum absolute atomic E-state index is 11.5. The molecule has 110 valence electrons. The average Bonchev–Trinajstić information content (AvgIpc) is 2.97. The molecule has 5 atom stereocenters. The Labute approximate surface area is 109 Å². The number of carboxylic acids is 3. The quantitative estimate of drug-likeness (QED) is 0.248. The van der Waals surface area contributed by atoms with Crippen molar-refractivity contribution in [2.75, 3.05) is 6.61 Å². The molecule has 5 N–H and O–H groups in total. The number of esters is 1. The first kappa shape index (κ1) is 14.2. The Morgan fingerprint density at radius 1 is 1.25 bits per heavy atom. The van der Waals surface area contributed by atoms with Gasteiger partial charge in [0.25, 0.3) is 5.72 Å². The Morgan fingerprint density at radius 3 is 2.15 bits per heavy atom. The third-order valence-electron chi connectivity index (χ3n) is 3.43. The number of hydrogen-bond donors (Lipinski definition) is 5. The highest BCUT2D eigenvalue weighted by Gasteiger charge is 2.89. The fourth-order valence-corrected chi connectivity index (χ4v) is 2.50. The summed E-state index contributed by atoms with van der Waals surface area (Å²) in [6, 6.07) is -1.80. The summed E-state index contributed by atoms with van der Waals surface area (Å²) in [6.45, 7) is -1.30. The second-order valence-corrected chi connectivity index (χ2v) is 4.31. The molecule has 0 aromatic heterocycles. The lowest BCUT2D eigenvalue weighted by Crippen LogP contribution is -2.59. The third-order valence-corrected chi connectivity index (χ3v) is 3.43. The molecule has 0 spiro atoms. The van der Waals surface area contributed by atoms with Gasteiger partial charge in [-0.1, -0.05) is 0 Å². The third kappa shape index (κ3) is 1.28. The molecule has 2 rings (SSSR count). The van der Waals surface area contributed by atoms with Gasteiger partial charge in [-0.3, -0.25) is 4.79 Å². The minimum absolute atomic E-state index is 0.339. The topological polar surface area (TPSA) is 182 Å². The number of hydrogen-bond acceptors (Lipinski definition) is 8. The molecule has 2 fully saturated rings. The van der Waals surface area contributed by atoms with Crippen LogP contribution in [-0.2, 0) is 23.9 Å². The van der Waals surface area contributed by atoms with Crippen molar-refractivity contribution in [2.24, 2.45) is 0 Å². The average molecular weight is 291 g/mol. The van der Waals surface area contributed by atoms with E-state index in [1.54, 1.807) is 0 Å². The number of carbonyl (C=O) groups is 4. The molecule has 0 radical (unpaired) electrons. The van der Waals surface area contributed by atoms with Crippen molar-refractivity contribution in [3.05, 3.63) is 0 Å². The van der Waals surface area contributed by atoms with Crippen LogP contribution in [0.4, 0.5) is 0 Å². The zero-order chi connectivity index (χ0) is 15.5. The summed E-state index contributed by atoms with van der Waals surface area (Å²) in [6.07, 6.45) is -2.57. The van der Waals surface area contributed by atoms with Crippen molar-refractivity contribution in [1.29, 1.82) is 0 Å². The minimum Gasteiger partial charge on any atom is -0.480 e. The zero-order valence-corrected chi connectivity index (χ0v) is 9.59. The summed E-state index contributed by atoms with van der Waals surface area (Å²) in [4.78, 5) is 45.1. The van der Waals surface area contributed by atoms with E-state index in [1.807, 2.05) is 0 Å². The summed E-state index contributed by atoms with van der Waals surface area (Å²) >= 11 is 0. The van der Waals surface area contributed by atoms with Crippen LogP contribution in [0.1, 0.15) is 0 Å². The number of rotatable bonds is 5. The van der Waals surface area contributed by atoms with Crippen LogP contribution in [0.5, 0.6) is 0 Å². The second kappa shape index (κ2) is 3.88. The summed E-state index contributed by atoms with van der Waals surface area (Å²) in [5.74, 6) is -7.08. The normalized spacial score (nSPS) is 39.6. The first-order valence-corrected chi connectivity index (χ1v) is 5.18. The van der Waals surface area contributed by atoms with Gasteiger partial charge in [0, 0.05) is 0 Å². The highest BCUT2D eigenvalue weighted by Crippen LogP contribution is 2.55. The number of aliphatic hydroxyl groups is 2. The van der Waals surface area contributed by atoms with Gasteiger partial charge < -0.3 is 30.3 Å². The molecule has 0 aliphatic carbocycles. The Morgan fingerprint density at radius 2 is 1.80 bits per heavy atom. The number of carbonyl (C=O) groups excluding carboxylic acids is 1. The predicted octanol–water partition coefficient (Wildman–Crippen LogP) is -3.73. The van der Waals surface area contributed by atoms with Crippen molar-refractivity contribution < 1.29 is 49.4 Å². The van der Waals surface area contributed by atoms with Gasteiger partial charge in [-0.15, -0.1) is 0 Å². The number of ether oxygens (including phenoxy) is 1. The van der Waals surface area contributed by atoms with Gasteiger partial charge in [0.05, 0.1) is 0 Å².